The Kier molecular flexibility index (Phi) is 3.62. The molecule has 26 heavy (non-hydrogen) atoms. The van der Waals surface area contributed by atoms with Gasteiger partial charge in [0.25, 0.3) is 0 Å². The van der Waals surface area contributed by atoms with Crippen molar-refractivity contribution in [3.8, 4) is 5.75 Å². The lowest BCUT2D eigenvalue weighted by atomic mass is 9.95. The van der Waals surface area contributed by atoms with E-state index in [0.717, 1.165) is 48.6 Å². The fourth-order valence-corrected chi connectivity index (χ4v) is 4.11. The van der Waals surface area contributed by atoms with Crippen LogP contribution < -0.4 is 4.74 Å². The molecule has 3 aromatic rings. The minimum absolute atomic E-state index is 0.0166. The SMILES string of the molecule is O=C([C@@H]1COc2ccccc2C1)N1CCC[C@@H]1c1nnc2ccccn12. The van der Waals surface area contributed by atoms with Crippen LogP contribution >= 0.6 is 0 Å². The van der Waals surface area contributed by atoms with Crippen molar-refractivity contribution in [3.05, 3.63) is 60.0 Å². The highest BCUT2D eigenvalue weighted by Crippen LogP contribution is 2.34. The zero-order valence-electron chi connectivity index (χ0n) is 14.4. The standard InChI is InChI=1S/C20H20N4O2/c25-20(15-12-14-6-1-2-8-17(14)26-13-15)23-11-5-7-16(23)19-22-21-18-9-3-4-10-24(18)19/h1-4,6,8-10,15-16H,5,7,11-13H2/t15-,16+/m0/s1. The van der Waals surface area contributed by atoms with Crippen LogP contribution in [0.15, 0.2) is 48.7 Å². The number of hydrogen-bond acceptors (Lipinski definition) is 4. The first-order valence-electron chi connectivity index (χ1n) is 9.12. The number of rotatable bonds is 2. The number of nitrogens with zero attached hydrogens (tertiary/aromatic N) is 4. The highest BCUT2D eigenvalue weighted by Gasteiger charge is 2.37. The average Bonchev–Trinajstić information content (AvgIpc) is 3.33. The van der Waals surface area contributed by atoms with Gasteiger partial charge >= 0.3 is 0 Å². The van der Waals surface area contributed by atoms with Gasteiger partial charge in [0.05, 0.1) is 12.0 Å². The molecule has 5 rings (SSSR count). The summed E-state index contributed by atoms with van der Waals surface area (Å²) < 4.78 is 7.82. The summed E-state index contributed by atoms with van der Waals surface area (Å²) >= 11 is 0. The van der Waals surface area contributed by atoms with Crippen molar-refractivity contribution in [1.82, 2.24) is 19.5 Å². The van der Waals surface area contributed by atoms with Crippen molar-refractivity contribution in [2.75, 3.05) is 13.2 Å². The number of amides is 1. The molecule has 0 radical (unpaired) electrons. The number of benzene rings is 1. The molecular weight excluding hydrogens is 328 g/mol. The van der Waals surface area contributed by atoms with E-state index in [0.29, 0.717) is 6.61 Å². The van der Waals surface area contributed by atoms with E-state index in [1.807, 2.05) is 58.0 Å². The molecule has 1 saturated heterocycles. The molecule has 6 heteroatoms. The van der Waals surface area contributed by atoms with E-state index >= 15 is 0 Å². The molecule has 2 aliphatic rings. The van der Waals surface area contributed by atoms with Gasteiger partial charge in [0.1, 0.15) is 12.4 Å². The topological polar surface area (TPSA) is 59.7 Å². The monoisotopic (exact) mass is 348 g/mol. The first-order valence-corrected chi connectivity index (χ1v) is 9.12. The summed E-state index contributed by atoms with van der Waals surface area (Å²) in [5, 5.41) is 8.63. The lowest BCUT2D eigenvalue weighted by molar-refractivity contribution is -0.138. The molecule has 0 unspecified atom stereocenters. The highest BCUT2D eigenvalue weighted by molar-refractivity contribution is 5.80. The molecular formula is C20H20N4O2. The van der Waals surface area contributed by atoms with Gasteiger partial charge in [0.2, 0.25) is 5.91 Å². The molecule has 132 valence electrons. The number of likely N-dealkylation sites (tertiary alicyclic amines) is 1. The van der Waals surface area contributed by atoms with E-state index in [1.54, 1.807) is 0 Å². The lowest BCUT2D eigenvalue weighted by Gasteiger charge is -2.30. The third kappa shape index (κ3) is 2.44. The average molecular weight is 348 g/mol. The van der Waals surface area contributed by atoms with Gasteiger partial charge in [0.15, 0.2) is 11.5 Å². The van der Waals surface area contributed by atoms with Crippen LogP contribution in [0.1, 0.15) is 30.3 Å². The van der Waals surface area contributed by atoms with E-state index in [4.69, 9.17) is 4.74 Å². The van der Waals surface area contributed by atoms with E-state index in [2.05, 4.69) is 10.2 Å². The van der Waals surface area contributed by atoms with E-state index < -0.39 is 0 Å². The van der Waals surface area contributed by atoms with Gasteiger partial charge in [0, 0.05) is 12.7 Å². The van der Waals surface area contributed by atoms with Gasteiger partial charge in [-0.15, -0.1) is 10.2 Å². The normalized spacial score (nSPS) is 22.2. The minimum atomic E-state index is -0.135. The Morgan fingerprint density at radius 1 is 1.12 bits per heavy atom. The molecule has 1 aromatic carbocycles. The molecule has 2 atom stereocenters. The van der Waals surface area contributed by atoms with Crippen molar-refractivity contribution in [3.63, 3.8) is 0 Å². The molecule has 0 N–H and O–H groups in total. The molecule has 0 bridgehead atoms. The first kappa shape index (κ1) is 15.4. The Bertz CT molecular complexity index is 967. The smallest absolute Gasteiger partial charge is 0.230 e. The van der Waals surface area contributed by atoms with Crippen LogP contribution in [0.4, 0.5) is 0 Å². The van der Waals surface area contributed by atoms with E-state index in [1.165, 1.54) is 0 Å². The van der Waals surface area contributed by atoms with Crippen LogP contribution in [0.5, 0.6) is 5.75 Å². The Morgan fingerprint density at radius 2 is 2.00 bits per heavy atom. The summed E-state index contributed by atoms with van der Waals surface area (Å²) in [4.78, 5) is 15.2. The van der Waals surface area contributed by atoms with Crippen LogP contribution in [-0.2, 0) is 11.2 Å². The van der Waals surface area contributed by atoms with E-state index in [-0.39, 0.29) is 17.9 Å². The number of ether oxygens (including phenoxy) is 1. The van der Waals surface area contributed by atoms with Crippen molar-refractivity contribution >= 4 is 11.6 Å². The van der Waals surface area contributed by atoms with Gasteiger partial charge in [-0.25, -0.2) is 0 Å². The minimum Gasteiger partial charge on any atom is -0.492 e. The van der Waals surface area contributed by atoms with Gasteiger partial charge in [-0.3, -0.25) is 9.20 Å². The highest BCUT2D eigenvalue weighted by atomic mass is 16.5. The summed E-state index contributed by atoms with van der Waals surface area (Å²) in [5.74, 6) is 1.78. The van der Waals surface area contributed by atoms with Gasteiger partial charge in [-0.1, -0.05) is 24.3 Å². The first-order chi connectivity index (χ1) is 12.8. The third-order valence-electron chi connectivity index (χ3n) is 5.40. The second-order valence-corrected chi connectivity index (χ2v) is 7.00. The Hall–Kier alpha value is -2.89. The zero-order valence-corrected chi connectivity index (χ0v) is 14.4. The number of fused-ring (bicyclic) bond motifs is 2. The van der Waals surface area contributed by atoms with Crippen molar-refractivity contribution in [1.29, 1.82) is 0 Å². The fraction of sp³-hybridized carbons (Fsp3) is 0.350. The van der Waals surface area contributed by atoms with Gasteiger partial charge in [-0.05, 0) is 43.0 Å². The number of hydrogen-bond donors (Lipinski definition) is 0. The molecule has 0 spiro atoms. The summed E-state index contributed by atoms with van der Waals surface area (Å²) in [6, 6.07) is 13.8. The zero-order chi connectivity index (χ0) is 17.5. The largest absolute Gasteiger partial charge is 0.492 e. The van der Waals surface area contributed by atoms with Crippen LogP contribution in [0, 0.1) is 5.92 Å². The third-order valence-corrected chi connectivity index (χ3v) is 5.40. The second-order valence-electron chi connectivity index (χ2n) is 7.00. The predicted molar refractivity (Wildman–Crippen MR) is 95.8 cm³/mol. The van der Waals surface area contributed by atoms with Crippen molar-refractivity contribution in [2.24, 2.45) is 5.92 Å². The quantitative estimate of drug-likeness (QED) is 0.714. The van der Waals surface area contributed by atoms with E-state index in [9.17, 15) is 4.79 Å². The number of carbonyl (C=O) groups is 1. The molecule has 4 heterocycles. The van der Waals surface area contributed by atoms with Crippen LogP contribution in [0.2, 0.25) is 0 Å². The van der Waals surface area contributed by atoms with Gasteiger partial charge < -0.3 is 9.64 Å². The number of pyridine rings is 1. The molecule has 6 nitrogen and oxygen atoms in total. The van der Waals surface area contributed by atoms with Crippen molar-refractivity contribution < 1.29 is 9.53 Å². The molecule has 0 saturated carbocycles. The van der Waals surface area contributed by atoms with Crippen LogP contribution in [0.3, 0.4) is 0 Å². The Labute approximate surface area is 151 Å². The maximum Gasteiger partial charge on any atom is 0.230 e. The maximum absolute atomic E-state index is 13.2. The Morgan fingerprint density at radius 3 is 2.96 bits per heavy atom. The molecule has 2 aliphatic heterocycles. The summed E-state index contributed by atoms with van der Waals surface area (Å²) in [6.07, 6.45) is 4.61. The molecule has 1 fully saturated rings. The maximum atomic E-state index is 13.2. The molecule has 2 aromatic heterocycles. The van der Waals surface area contributed by atoms with Crippen LogP contribution in [-0.4, -0.2) is 38.6 Å². The van der Waals surface area contributed by atoms with Gasteiger partial charge in [-0.2, -0.15) is 0 Å². The number of aromatic nitrogens is 3. The fourth-order valence-electron chi connectivity index (χ4n) is 4.11. The summed E-state index contributed by atoms with van der Waals surface area (Å²) in [5.41, 5.74) is 1.93. The number of carbonyl (C=O) groups excluding carboxylic acids is 1. The lowest BCUT2D eigenvalue weighted by Crippen LogP contribution is -2.40. The second kappa shape index (κ2) is 6.12. The summed E-state index contributed by atoms with van der Waals surface area (Å²) in [6.45, 7) is 1.21. The summed E-state index contributed by atoms with van der Waals surface area (Å²) in [7, 11) is 0. The molecule has 1 amide bonds. The number of para-hydroxylation sites is 1. The molecule has 0 aliphatic carbocycles. The van der Waals surface area contributed by atoms with Crippen molar-refractivity contribution in [2.45, 2.75) is 25.3 Å². The Balaban J connectivity index is 1.41. The van der Waals surface area contributed by atoms with Crippen LogP contribution in [0.25, 0.3) is 5.65 Å². The predicted octanol–water partition coefficient (Wildman–Crippen LogP) is 2.64.